The fraction of sp³-hybridized carbons (Fsp3) is 0.250. The second-order valence-corrected chi connectivity index (χ2v) is 8.53. The van der Waals surface area contributed by atoms with Crippen LogP contribution in [0.15, 0.2) is 60.7 Å². The predicted octanol–water partition coefficient (Wildman–Crippen LogP) is 5.38. The Balaban J connectivity index is 1.54. The number of hydrogen-bond donors (Lipinski definition) is 2. The SMILES string of the molecule is COc1ccc(C2c3[nH]c4ccccc4c3CCN2C(=O)Nc2cc(OC)c(OC)c(OC)c2)cc1. The molecule has 4 aromatic rings. The highest BCUT2D eigenvalue weighted by molar-refractivity contribution is 5.92. The Morgan fingerprint density at radius 1 is 0.917 bits per heavy atom. The highest BCUT2D eigenvalue weighted by Gasteiger charge is 2.35. The maximum absolute atomic E-state index is 13.7. The number of methoxy groups -OCH3 is 4. The van der Waals surface area contributed by atoms with Crippen LogP contribution in [0.25, 0.3) is 10.9 Å². The molecule has 36 heavy (non-hydrogen) atoms. The van der Waals surface area contributed by atoms with Crippen molar-refractivity contribution in [2.75, 3.05) is 40.3 Å². The molecule has 0 aliphatic carbocycles. The minimum absolute atomic E-state index is 0.227. The monoisotopic (exact) mass is 487 g/mol. The van der Waals surface area contributed by atoms with Crippen molar-refractivity contribution in [3.05, 3.63) is 77.5 Å². The van der Waals surface area contributed by atoms with Crippen LogP contribution in [0.2, 0.25) is 0 Å². The van der Waals surface area contributed by atoms with Crippen LogP contribution in [0.3, 0.4) is 0 Å². The molecule has 8 nitrogen and oxygen atoms in total. The van der Waals surface area contributed by atoms with Gasteiger partial charge in [0.1, 0.15) is 5.75 Å². The first kappa shape index (κ1) is 23.4. The van der Waals surface area contributed by atoms with Gasteiger partial charge in [0.2, 0.25) is 5.75 Å². The van der Waals surface area contributed by atoms with Gasteiger partial charge in [0, 0.05) is 35.3 Å². The molecule has 8 heteroatoms. The lowest BCUT2D eigenvalue weighted by molar-refractivity contribution is 0.193. The van der Waals surface area contributed by atoms with Gasteiger partial charge >= 0.3 is 6.03 Å². The van der Waals surface area contributed by atoms with Crippen molar-refractivity contribution < 1.29 is 23.7 Å². The van der Waals surface area contributed by atoms with Crippen molar-refractivity contribution in [1.29, 1.82) is 0 Å². The lowest BCUT2D eigenvalue weighted by atomic mass is 9.92. The Morgan fingerprint density at radius 2 is 1.61 bits per heavy atom. The third kappa shape index (κ3) is 4.04. The van der Waals surface area contributed by atoms with Crippen molar-refractivity contribution >= 4 is 22.6 Å². The molecule has 2 N–H and O–H groups in total. The molecule has 0 saturated carbocycles. The van der Waals surface area contributed by atoms with Gasteiger partial charge in [0.25, 0.3) is 0 Å². The molecule has 0 fully saturated rings. The van der Waals surface area contributed by atoms with Gasteiger partial charge in [-0.2, -0.15) is 0 Å². The first-order valence-electron chi connectivity index (χ1n) is 11.7. The van der Waals surface area contributed by atoms with E-state index in [9.17, 15) is 4.79 Å². The van der Waals surface area contributed by atoms with Gasteiger partial charge in [0.15, 0.2) is 11.5 Å². The smallest absolute Gasteiger partial charge is 0.322 e. The fourth-order valence-electron chi connectivity index (χ4n) is 4.94. The van der Waals surface area contributed by atoms with Crippen LogP contribution < -0.4 is 24.3 Å². The zero-order valence-electron chi connectivity index (χ0n) is 20.8. The van der Waals surface area contributed by atoms with Crippen LogP contribution in [-0.4, -0.2) is 50.9 Å². The number of rotatable bonds is 6. The topological polar surface area (TPSA) is 85.1 Å². The molecule has 0 bridgehead atoms. The molecule has 186 valence electrons. The number of aromatic nitrogens is 1. The van der Waals surface area contributed by atoms with E-state index in [2.05, 4.69) is 22.4 Å². The second kappa shape index (κ2) is 9.73. The molecular formula is C28H29N3O5. The molecule has 1 aliphatic heterocycles. The summed E-state index contributed by atoms with van der Waals surface area (Å²) in [6, 6.07) is 19.0. The van der Waals surface area contributed by atoms with Crippen LogP contribution in [0, 0.1) is 0 Å². The standard InChI is InChI=1S/C28H29N3O5/c1-33-19-11-9-17(10-12-19)26-25-21(20-7-5-6-8-22(20)30-25)13-14-31(26)28(32)29-18-15-23(34-2)27(36-4)24(16-18)35-3/h5-12,15-16,26,30H,13-14H2,1-4H3,(H,29,32). The van der Waals surface area contributed by atoms with Crippen molar-refractivity contribution in [3.63, 3.8) is 0 Å². The number of carbonyl (C=O) groups excluding carboxylic acids is 1. The van der Waals surface area contributed by atoms with Gasteiger partial charge in [-0.25, -0.2) is 4.79 Å². The molecule has 1 atom stereocenters. The summed E-state index contributed by atoms with van der Waals surface area (Å²) >= 11 is 0. The Morgan fingerprint density at radius 3 is 2.25 bits per heavy atom. The molecular weight excluding hydrogens is 458 g/mol. The Labute approximate surface area is 209 Å². The normalized spacial score (nSPS) is 14.8. The molecule has 5 rings (SSSR count). The predicted molar refractivity (Wildman–Crippen MR) is 139 cm³/mol. The first-order chi connectivity index (χ1) is 17.6. The van der Waals surface area contributed by atoms with Crippen LogP contribution in [0.5, 0.6) is 23.0 Å². The largest absolute Gasteiger partial charge is 0.497 e. The lowest BCUT2D eigenvalue weighted by Gasteiger charge is -2.36. The fourth-order valence-corrected chi connectivity index (χ4v) is 4.94. The number of aromatic amines is 1. The quantitative estimate of drug-likeness (QED) is 0.381. The number of para-hydroxylation sites is 1. The maximum Gasteiger partial charge on any atom is 0.322 e. The average Bonchev–Trinajstić information content (AvgIpc) is 3.30. The number of urea groups is 1. The van der Waals surface area contributed by atoms with Crippen molar-refractivity contribution in [1.82, 2.24) is 9.88 Å². The van der Waals surface area contributed by atoms with Gasteiger partial charge < -0.3 is 34.1 Å². The molecule has 1 aromatic heterocycles. The van der Waals surface area contributed by atoms with E-state index in [1.54, 1.807) is 40.6 Å². The molecule has 2 amide bonds. The Bertz CT molecular complexity index is 1370. The third-order valence-electron chi connectivity index (χ3n) is 6.64. The number of nitrogens with zero attached hydrogens (tertiary/aromatic N) is 1. The van der Waals surface area contributed by atoms with E-state index >= 15 is 0 Å². The summed E-state index contributed by atoms with van der Waals surface area (Å²) in [6.07, 6.45) is 0.745. The van der Waals surface area contributed by atoms with E-state index in [4.69, 9.17) is 18.9 Å². The van der Waals surface area contributed by atoms with Gasteiger partial charge in [-0.05, 0) is 35.7 Å². The van der Waals surface area contributed by atoms with Crippen LogP contribution in [-0.2, 0) is 6.42 Å². The van der Waals surface area contributed by atoms with E-state index in [1.165, 1.54) is 10.9 Å². The number of benzene rings is 3. The number of nitrogens with one attached hydrogen (secondary N) is 2. The van der Waals surface area contributed by atoms with E-state index in [-0.39, 0.29) is 12.1 Å². The lowest BCUT2D eigenvalue weighted by Crippen LogP contribution is -2.43. The summed E-state index contributed by atoms with van der Waals surface area (Å²) in [5.74, 6) is 2.17. The van der Waals surface area contributed by atoms with Crippen molar-refractivity contribution in [3.8, 4) is 23.0 Å². The summed E-state index contributed by atoms with van der Waals surface area (Å²) in [5, 5.41) is 4.22. The highest BCUT2D eigenvalue weighted by Crippen LogP contribution is 2.41. The van der Waals surface area contributed by atoms with Crippen LogP contribution >= 0.6 is 0 Å². The first-order valence-corrected chi connectivity index (χ1v) is 11.7. The van der Waals surface area contributed by atoms with E-state index < -0.39 is 0 Å². The summed E-state index contributed by atoms with van der Waals surface area (Å²) in [6.45, 7) is 0.557. The number of H-pyrrole nitrogens is 1. The van der Waals surface area contributed by atoms with Crippen LogP contribution in [0.1, 0.15) is 22.9 Å². The molecule has 0 radical (unpaired) electrons. The molecule has 0 spiro atoms. The molecule has 1 unspecified atom stereocenters. The average molecular weight is 488 g/mol. The molecule has 2 heterocycles. The number of ether oxygens (including phenoxy) is 4. The highest BCUT2D eigenvalue weighted by atomic mass is 16.5. The summed E-state index contributed by atoms with van der Waals surface area (Å²) in [5.41, 5.74) is 4.86. The maximum atomic E-state index is 13.7. The zero-order valence-corrected chi connectivity index (χ0v) is 20.8. The second-order valence-electron chi connectivity index (χ2n) is 8.53. The number of amides is 2. The van der Waals surface area contributed by atoms with Crippen molar-refractivity contribution in [2.24, 2.45) is 0 Å². The Kier molecular flexibility index (Phi) is 6.33. The van der Waals surface area contributed by atoms with Crippen molar-refractivity contribution in [2.45, 2.75) is 12.5 Å². The summed E-state index contributed by atoms with van der Waals surface area (Å²) in [7, 11) is 6.28. The number of anilines is 1. The Hall–Kier alpha value is -4.33. The summed E-state index contributed by atoms with van der Waals surface area (Å²) in [4.78, 5) is 19.2. The molecule has 0 saturated heterocycles. The van der Waals surface area contributed by atoms with Gasteiger partial charge in [-0.3, -0.25) is 0 Å². The molecule has 1 aliphatic rings. The summed E-state index contributed by atoms with van der Waals surface area (Å²) < 4.78 is 21.7. The minimum Gasteiger partial charge on any atom is -0.497 e. The van der Waals surface area contributed by atoms with Gasteiger partial charge in [0.05, 0.1) is 40.2 Å². The third-order valence-corrected chi connectivity index (χ3v) is 6.64. The van der Waals surface area contributed by atoms with Gasteiger partial charge in [-0.1, -0.05) is 30.3 Å². The number of carbonyl (C=O) groups is 1. The van der Waals surface area contributed by atoms with E-state index in [0.29, 0.717) is 29.5 Å². The minimum atomic E-state index is -0.297. The van der Waals surface area contributed by atoms with Crippen LogP contribution in [0.4, 0.5) is 10.5 Å². The molecule has 3 aromatic carbocycles. The number of fused-ring (bicyclic) bond motifs is 3. The van der Waals surface area contributed by atoms with Gasteiger partial charge in [-0.15, -0.1) is 0 Å². The zero-order chi connectivity index (χ0) is 25.2. The van der Waals surface area contributed by atoms with E-state index in [1.807, 2.05) is 41.3 Å². The van der Waals surface area contributed by atoms with E-state index in [0.717, 1.165) is 28.9 Å². The number of hydrogen-bond acceptors (Lipinski definition) is 5.